The SMILES string of the molecule is Cc1cc(-c2ccc(F)cc2)c(CBr)c(C)n1. The highest BCUT2D eigenvalue weighted by Gasteiger charge is 2.09. The van der Waals surface area contributed by atoms with Gasteiger partial charge in [-0.25, -0.2) is 4.39 Å². The lowest BCUT2D eigenvalue weighted by atomic mass is 9.99. The topological polar surface area (TPSA) is 12.9 Å². The highest BCUT2D eigenvalue weighted by molar-refractivity contribution is 9.08. The molecule has 0 saturated carbocycles. The van der Waals surface area contributed by atoms with E-state index < -0.39 is 0 Å². The van der Waals surface area contributed by atoms with Crippen molar-refractivity contribution < 1.29 is 4.39 Å². The highest BCUT2D eigenvalue weighted by atomic mass is 79.9. The third-order valence-electron chi connectivity index (χ3n) is 2.75. The predicted molar refractivity (Wildman–Crippen MR) is 71.7 cm³/mol. The van der Waals surface area contributed by atoms with Gasteiger partial charge in [-0.15, -0.1) is 0 Å². The number of pyridine rings is 1. The van der Waals surface area contributed by atoms with E-state index in [9.17, 15) is 4.39 Å². The molecular weight excluding hydrogens is 281 g/mol. The van der Waals surface area contributed by atoms with Gasteiger partial charge in [0.25, 0.3) is 0 Å². The zero-order valence-corrected chi connectivity index (χ0v) is 11.4. The van der Waals surface area contributed by atoms with Crippen LogP contribution in [0.3, 0.4) is 0 Å². The molecule has 2 aromatic rings. The molecule has 0 atom stereocenters. The number of hydrogen-bond donors (Lipinski definition) is 0. The lowest BCUT2D eigenvalue weighted by molar-refractivity contribution is 0.628. The van der Waals surface area contributed by atoms with Crippen LogP contribution in [0, 0.1) is 19.7 Å². The van der Waals surface area contributed by atoms with Crippen molar-refractivity contribution in [2.24, 2.45) is 0 Å². The Kier molecular flexibility index (Phi) is 3.57. The summed E-state index contributed by atoms with van der Waals surface area (Å²) in [5.41, 5.74) is 5.29. The van der Waals surface area contributed by atoms with Crippen molar-refractivity contribution in [3.05, 3.63) is 53.1 Å². The van der Waals surface area contributed by atoms with Gasteiger partial charge in [-0.1, -0.05) is 28.1 Å². The van der Waals surface area contributed by atoms with Gasteiger partial charge in [0.05, 0.1) is 0 Å². The van der Waals surface area contributed by atoms with Crippen LogP contribution in [0.15, 0.2) is 30.3 Å². The summed E-state index contributed by atoms with van der Waals surface area (Å²) in [6.45, 7) is 3.97. The van der Waals surface area contributed by atoms with Crippen molar-refractivity contribution in [2.45, 2.75) is 19.2 Å². The number of alkyl halides is 1. The average Bonchev–Trinajstić information content (AvgIpc) is 2.29. The molecule has 2 rings (SSSR count). The number of aromatic nitrogens is 1. The summed E-state index contributed by atoms with van der Waals surface area (Å²) in [5, 5.41) is 0.749. The zero-order chi connectivity index (χ0) is 12.4. The van der Waals surface area contributed by atoms with E-state index in [0.717, 1.165) is 33.4 Å². The fourth-order valence-electron chi connectivity index (χ4n) is 1.91. The maximum absolute atomic E-state index is 12.9. The minimum absolute atomic E-state index is 0.211. The molecular formula is C14H13BrFN. The van der Waals surface area contributed by atoms with E-state index in [0.29, 0.717) is 0 Å². The maximum atomic E-state index is 12.9. The maximum Gasteiger partial charge on any atom is 0.123 e. The molecule has 0 aliphatic carbocycles. The first-order chi connectivity index (χ1) is 8.11. The Balaban J connectivity index is 2.61. The zero-order valence-electron chi connectivity index (χ0n) is 9.80. The van der Waals surface area contributed by atoms with E-state index in [1.807, 2.05) is 19.9 Å². The number of rotatable bonds is 2. The fourth-order valence-corrected chi connectivity index (χ4v) is 2.62. The Labute approximate surface area is 109 Å². The summed E-state index contributed by atoms with van der Waals surface area (Å²) in [5.74, 6) is -0.211. The van der Waals surface area contributed by atoms with Gasteiger partial charge >= 0.3 is 0 Å². The van der Waals surface area contributed by atoms with Crippen molar-refractivity contribution in [3.63, 3.8) is 0 Å². The van der Waals surface area contributed by atoms with Crippen molar-refractivity contribution in [3.8, 4) is 11.1 Å². The van der Waals surface area contributed by atoms with Gasteiger partial charge in [0.1, 0.15) is 5.82 Å². The first-order valence-electron chi connectivity index (χ1n) is 5.41. The molecule has 1 aromatic heterocycles. The Morgan fingerprint density at radius 1 is 1.18 bits per heavy atom. The predicted octanol–water partition coefficient (Wildman–Crippen LogP) is 4.40. The second-order valence-electron chi connectivity index (χ2n) is 4.02. The van der Waals surface area contributed by atoms with Crippen LogP contribution in [0.25, 0.3) is 11.1 Å². The number of aryl methyl sites for hydroxylation is 2. The van der Waals surface area contributed by atoms with Crippen molar-refractivity contribution in [1.82, 2.24) is 4.98 Å². The Hall–Kier alpha value is -1.22. The van der Waals surface area contributed by atoms with E-state index in [-0.39, 0.29) is 5.82 Å². The van der Waals surface area contributed by atoms with Crippen LogP contribution in [0.1, 0.15) is 17.0 Å². The van der Waals surface area contributed by atoms with Crippen LogP contribution in [0.2, 0.25) is 0 Å². The van der Waals surface area contributed by atoms with Crippen molar-refractivity contribution in [1.29, 1.82) is 0 Å². The van der Waals surface area contributed by atoms with Gasteiger partial charge in [0.15, 0.2) is 0 Å². The number of halogens is 2. The molecule has 88 valence electrons. The van der Waals surface area contributed by atoms with Crippen molar-refractivity contribution in [2.75, 3.05) is 0 Å². The van der Waals surface area contributed by atoms with Crippen LogP contribution in [0.4, 0.5) is 4.39 Å². The molecule has 0 radical (unpaired) electrons. The van der Waals surface area contributed by atoms with Gasteiger partial charge < -0.3 is 0 Å². The largest absolute Gasteiger partial charge is 0.258 e. The van der Waals surface area contributed by atoms with Gasteiger partial charge in [-0.2, -0.15) is 0 Å². The number of benzene rings is 1. The van der Waals surface area contributed by atoms with Gasteiger partial charge in [0, 0.05) is 16.7 Å². The van der Waals surface area contributed by atoms with Crippen LogP contribution >= 0.6 is 15.9 Å². The molecule has 1 heterocycles. The molecule has 0 aliphatic heterocycles. The Bertz CT molecular complexity index is 535. The highest BCUT2D eigenvalue weighted by Crippen LogP contribution is 2.28. The molecule has 0 amide bonds. The third kappa shape index (κ3) is 2.55. The minimum Gasteiger partial charge on any atom is -0.258 e. The van der Waals surface area contributed by atoms with Crippen molar-refractivity contribution >= 4 is 15.9 Å². The molecule has 0 N–H and O–H groups in total. The second-order valence-corrected chi connectivity index (χ2v) is 4.58. The molecule has 1 aromatic carbocycles. The Morgan fingerprint density at radius 3 is 2.41 bits per heavy atom. The lowest BCUT2D eigenvalue weighted by Crippen LogP contribution is -1.96. The molecule has 17 heavy (non-hydrogen) atoms. The van der Waals surface area contributed by atoms with E-state index in [2.05, 4.69) is 20.9 Å². The number of hydrogen-bond acceptors (Lipinski definition) is 1. The van der Waals surface area contributed by atoms with Crippen LogP contribution in [0.5, 0.6) is 0 Å². The smallest absolute Gasteiger partial charge is 0.123 e. The number of nitrogens with zero attached hydrogens (tertiary/aromatic N) is 1. The summed E-state index contributed by atoms with van der Waals surface area (Å²) >= 11 is 3.48. The van der Waals surface area contributed by atoms with E-state index in [4.69, 9.17) is 0 Å². The molecule has 1 nitrogen and oxygen atoms in total. The van der Waals surface area contributed by atoms with Crippen LogP contribution < -0.4 is 0 Å². The normalized spacial score (nSPS) is 10.6. The summed E-state index contributed by atoms with van der Waals surface area (Å²) in [6.07, 6.45) is 0. The molecule has 0 spiro atoms. The standard InChI is InChI=1S/C14H13BrFN/c1-9-7-13(14(8-15)10(2)17-9)11-3-5-12(16)6-4-11/h3-7H,8H2,1-2H3. The van der Waals surface area contributed by atoms with Crippen LogP contribution in [-0.2, 0) is 5.33 Å². The first kappa shape index (κ1) is 12.2. The molecule has 0 bridgehead atoms. The van der Waals surface area contributed by atoms with Gasteiger partial charge in [0.2, 0.25) is 0 Å². The van der Waals surface area contributed by atoms with Gasteiger partial charge in [-0.05, 0) is 48.7 Å². The molecule has 0 saturated heterocycles. The minimum atomic E-state index is -0.211. The van der Waals surface area contributed by atoms with Crippen LogP contribution in [-0.4, -0.2) is 4.98 Å². The lowest BCUT2D eigenvalue weighted by Gasteiger charge is -2.11. The molecule has 0 unspecified atom stereocenters. The van der Waals surface area contributed by atoms with Gasteiger partial charge in [-0.3, -0.25) is 4.98 Å². The second kappa shape index (κ2) is 4.96. The summed E-state index contributed by atoms with van der Waals surface area (Å²) < 4.78 is 12.9. The van der Waals surface area contributed by atoms with E-state index in [1.54, 1.807) is 12.1 Å². The summed E-state index contributed by atoms with van der Waals surface area (Å²) in [4.78, 5) is 4.44. The average molecular weight is 294 g/mol. The summed E-state index contributed by atoms with van der Waals surface area (Å²) in [7, 11) is 0. The third-order valence-corrected chi connectivity index (χ3v) is 3.31. The molecule has 0 fully saturated rings. The van der Waals surface area contributed by atoms with E-state index >= 15 is 0 Å². The molecule has 3 heteroatoms. The summed E-state index contributed by atoms with van der Waals surface area (Å²) in [6, 6.07) is 8.61. The molecule has 0 aliphatic rings. The monoisotopic (exact) mass is 293 g/mol. The Morgan fingerprint density at radius 2 is 1.82 bits per heavy atom. The first-order valence-corrected chi connectivity index (χ1v) is 6.53. The fraction of sp³-hybridized carbons (Fsp3) is 0.214. The quantitative estimate of drug-likeness (QED) is 0.748. The van der Waals surface area contributed by atoms with E-state index in [1.165, 1.54) is 12.1 Å².